The van der Waals surface area contributed by atoms with Gasteiger partial charge in [0.15, 0.2) is 0 Å². The van der Waals surface area contributed by atoms with Crippen molar-refractivity contribution in [3.05, 3.63) is 21.9 Å². The molecule has 1 aliphatic heterocycles. The van der Waals surface area contributed by atoms with Gasteiger partial charge in [-0.05, 0) is 50.6 Å². The van der Waals surface area contributed by atoms with E-state index in [0.29, 0.717) is 6.04 Å². The number of thiophene rings is 1. The van der Waals surface area contributed by atoms with Gasteiger partial charge < -0.3 is 5.32 Å². The molecule has 0 spiro atoms. The molecule has 0 fully saturated rings. The predicted octanol–water partition coefficient (Wildman–Crippen LogP) is 3.27. The van der Waals surface area contributed by atoms with Crippen LogP contribution < -0.4 is 5.32 Å². The summed E-state index contributed by atoms with van der Waals surface area (Å²) in [4.78, 5) is 4.20. The number of hydrogen-bond donors (Lipinski definition) is 1. The van der Waals surface area contributed by atoms with Crippen LogP contribution in [0.5, 0.6) is 0 Å². The lowest BCUT2D eigenvalue weighted by Crippen LogP contribution is -2.48. The Hall–Kier alpha value is -0.380. The predicted molar refractivity (Wildman–Crippen MR) is 80.3 cm³/mol. The molecule has 0 saturated carbocycles. The summed E-state index contributed by atoms with van der Waals surface area (Å²) >= 11 is 1.92. The van der Waals surface area contributed by atoms with Crippen LogP contribution in [-0.4, -0.2) is 29.6 Å². The Kier molecular flexibility index (Phi) is 4.46. The van der Waals surface area contributed by atoms with Crippen LogP contribution in [0.25, 0.3) is 0 Å². The Labute approximate surface area is 115 Å². The van der Waals surface area contributed by atoms with Crippen molar-refractivity contribution in [2.24, 2.45) is 0 Å². The molecule has 1 N–H and O–H groups in total. The Morgan fingerprint density at radius 1 is 1.50 bits per heavy atom. The van der Waals surface area contributed by atoms with E-state index in [0.717, 1.165) is 13.1 Å². The average molecular weight is 266 g/mol. The van der Waals surface area contributed by atoms with Crippen molar-refractivity contribution in [2.75, 3.05) is 13.1 Å². The highest BCUT2D eigenvalue weighted by molar-refractivity contribution is 7.10. The van der Waals surface area contributed by atoms with E-state index in [1.165, 1.54) is 19.4 Å². The van der Waals surface area contributed by atoms with Crippen LogP contribution in [0, 0.1) is 0 Å². The molecule has 1 aromatic rings. The Morgan fingerprint density at radius 3 is 3.00 bits per heavy atom. The smallest absolute Gasteiger partial charge is 0.0248 e. The second-order valence-corrected chi connectivity index (χ2v) is 7.06. The van der Waals surface area contributed by atoms with Crippen molar-refractivity contribution in [1.82, 2.24) is 10.2 Å². The first kappa shape index (κ1) is 14.0. The number of nitrogens with zero attached hydrogens (tertiary/aromatic N) is 1. The molecule has 3 heteroatoms. The third-order valence-electron chi connectivity index (χ3n) is 4.22. The van der Waals surface area contributed by atoms with Gasteiger partial charge in [-0.2, -0.15) is 0 Å². The fraction of sp³-hybridized carbons (Fsp3) is 0.733. The van der Waals surface area contributed by atoms with Crippen LogP contribution in [0.3, 0.4) is 0 Å². The van der Waals surface area contributed by atoms with Gasteiger partial charge in [-0.3, -0.25) is 4.90 Å². The Bertz CT molecular complexity index is 384. The molecule has 2 nitrogen and oxygen atoms in total. The zero-order chi connectivity index (χ0) is 13.2. The summed E-state index contributed by atoms with van der Waals surface area (Å²) in [6.45, 7) is 12.6. The van der Waals surface area contributed by atoms with E-state index in [2.05, 4.69) is 49.4 Å². The SMILES string of the molecule is CCC(C)(C)NCC(C)N1CCc2sccc2C1. The molecule has 18 heavy (non-hydrogen) atoms. The second-order valence-electron chi connectivity index (χ2n) is 6.06. The van der Waals surface area contributed by atoms with Crippen LogP contribution in [0.1, 0.15) is 44.6 Å². The molecule has 0 saturated heterocycles. The molecule has 1 unspecified atom stereocenters. The standard InChI is InChI=1S/C15H26N2S/c1-5-15(3,4)16-10-12(2)17-8-6-14-13(11-17)7-9-18-14/h7,9,12,16H,5-6,8,10-11H2,1-4H3. The van der Waals surface area contributed by atoms with Gasteiger partial charge in [0.2, 0.25) is 0 Å². The van der Waals surface area contributed by atoms with E-state index in [1.807, 2.05) is 11.3 Å². The second kappa shape index (κ2) is 5.72. The number of fused-ring (bicyclic) bond motifs is 1. The molecular formula is C15H26N2S. The van der Waals surface area contributed by atoms with Gasteiger partial charge in [0.1, 0.15) is 0 Å². The third-order valence-corrected chi connectivity index (χ3v) is 5.24. The van der Waals surface area contributed by atoms with E-state index in [-0.39, 0.29) is 5.54 Å². The lowest BCUT2D eigenvalue weighted by molar-refractivity contribution is 0.177. The maximum atomic E-state index is 3.68. The van der Waals surface area contributed by atoms with E-state index in [4.69, 9.17) is 0 Å². The summed E-state index contributed by atoms with van der Waals surface area (Å²) < 4.78 is 0. The minimum absolute atomic E-state index is 0.261. The fourth-order valence-corrected chi connectivity index (χ4v) is 3.21. The number of rotatable bonds is 5. The molecular weight excluding hydrogens is 240 g/mol. The summed E-state index contributed by atoms with van der Waals surface area (Å²) in [6, 6.07) is 2.91. The highest BCUT2D eigenvalue weighted by Gasteiger charge is 2.23. The monoisotopic (exact) mass is 266 g/mol. The largest absolute Gasteiger partial charge is 0.310 e. The summed E-state index contributed by atoms with van der Waals surface area (Å²) in [6.07, 6.45) is 2.41. The lowest BCUT2D eigenvalue weighted by atomic mass is 10.0. The van der Waals surface area contributed by atoms with Crippen LogP contribution in [0.2, 0.25) is 0 Å². The van der Waals surface area contributed by atoms with E-state index in [9.17, 15) is 0 Å². The molecule has 1 aromatic heterocycles. The molecule has 0 radical (unpaired) electrons. The highest BCUT2D eigenvalue weighted by Crippen LogP contribution is 2.25. The lowest BCUT2D eigenvalue weighted by Gasteiger charge is -2.35. The van der Waals surface area contributed by atoms with E-state index >= 15 is 0 Å². The van der Waals surface area contributed by atoms with Crippen LogP contribution in [0.4, 0.5) is 0 Å². The first-order chi connectivity index (χ1) is 8.52. The van der Waals surface area contributed by atoms with Crippen LogP contribution in [0.15, 0.2) is 11.4 Å². The maximum Gasteiger partial charge on any atom is 0.0248 e. The molecule has 2 heterocycles. The van der Waals surface area contributed by atoms with Crippen LogP contribution >= 0.6 is 11.3 Å². The van der Waals surface area contributed by atoms with Gasteiger partial charge in [-0.1, -0.05) is 6.92 Å². The molecule has 1 aliphatic rings. The third kappa shape index (κ3) is 3.34. The summed E-state index contributed by atoms with van der Waals surface area (Å²) in [5.74, 6) is 0. The van der Waals surface area contributed by atoms with E-state index < -0.39 is 0 Å². The topological polar surface area (TPSA) is 15.3 Å². The highest BCUT2D eigenvalue weighted by atomic mass is 32.1. The summed E-state index contributed by atoms with van der Waals surface area (Å²) in [7, 11) is 0. The minimum Gasteiger partial charge on any atom is -0.310 e. The van der Waals surface area contributed by atoms with Gasteiger partial charge in [0, 0.05) is 36.1 Å². The van der Waals surface area contributed by atoms with E-state index in [1.54, 1.807) is 10.4 Å². The Morgan fingerprint density at radius 2 is 2.28 bits per heavy atom. The van der Waals surface area contributed by atoms with Crippen molar-refractivity contribution < 1.29 is 0 Å². The zero-order valence-electron chi connectivity index (χ0n) is 12.1. The average Bonchev–Trinajstić information content (AvgIpc) is 2.83. The molecule has 1 atom stereocenters. The molecule has 0 bridgehead atoms. The van der Waals surface area contributed by atoms with Crippen molar-refractivity contribution in [3.63, 3.8) is 0 Å². The van der Waals surface area contributed by atoms with Crippen LogP contribution in [-0.2, 0) is 13.0 Å². The molecule has 0 amide bonds. The maximum absolute atomic E-state index is 3.68. The molecule has 0 aromatic carbocycles. The van der Waals surface area contributed by atoms with Crippen molar-refractivity contribution >= 4 is 11.3 Å². The number of hydrogen-bond acceptors (Lipinski definition) is 3. The molecule has 102 valence electrons. The zero-order valence-corrected chi connectivity index (χ0v) is 12.9. The molecule has 0 aliphatic carbocycles. The van der Waals surface area contributed by atoms with Gasteiger partial charge in [-0.15, -0.1) is 11.3 Å². The summed E-state index contributed by atoms with van der Waals surface area (Å²) in [5, 5.41) is 5.92. The minimum atomic E-state index is 0.261. The van der Waals surface area contributed by atoms with Crippen molar-refractivity contribution in [2.45, 2.75) is 58.7 Å². The van der Waals surface area contributed by atoms with Gasteiger partial charge in [0.05, 0.1) is 0 Å². The quantitative estimate of drug-likeness (QED) is 0.880. The van der Waals surface area contributed by atoms with Crippen molar-refractivity contribution in [3.8, 4) is 0 Å². The van der Waals surface area contributed by atoms with Gasteiger partial charge in [0.25, 0.3) is 0 Å². The first-order valence-electron chi connectivity index (χ1n) is 7.06. The normalized spacial score (nSPS) is 18.7. The Balaban J connectivity index is 1.86. The molecule has 2 rings (SSSR count). The van der Waals surface area contributed by atoms with Crippen molar-refractivity contribution in [1.29, 1.82) is 0 Å². The van der Waals surface area contributed by atoms with Gasteiger partial charge >= 0.3 is 0 Å². The fourth-order valence-electron chi connectivity index (χ4n) is 2.32. The summed E-state index contributed by atoms with van der Waals surface area (Å²) in [5.41, 5.74) is 1.81. The van der Waals surface area contributed by atoms with Gasteiger partial charge in [-0.25, -0.2) is 0 Å². The number of nitrogens with one attached hydrogen (secondary N) is 1. The first-order valence-corrected chi connectivity index (χ1v) is 7.94.